The van der Waals surface area contributed by atoms with Gasteiger partial charge in [-0.2, -0.15) is 0 Å². The van der Waals surface area contributed by atoms with Gasteiger partial charge in [0.15, 0.2) is 0 Å². The maximum absolute atomic E-state index is 11.7. The molecule has 2 rings (SSSR count). The van der Waals surface area contributed by atoms with Gasteiger partial charge in [0.1, 0.15) is 0 Å². The van der Waals surface area contributed by atoms with Gasteiger partial charge in [0, 0.05) is 26.3 Å². The molecule has 1 aromatic heterocycles. The van der Waals surface area contributed by atoms with Crippen molar-refractivity contribution in [2.24, 2.45) is 0 Å². The largest absolute Gasteiger partial charge is 0.376 e. The number of carbonyl (C=O) groups excluding carboxylic acids is 1. The zero-order chi connectivity index (χ0) is 12.3. The average Bonchev–Trinajstić information content (AvgIpc) is 3.10. The van der Waals surface area contributed by atoms with Crippen molar-refractivity contribution in [3.63, 3.8) is 0 Å². The number of rotatable bonds is 5. The summed E-state index contributed by atoms with van der Waals surface area (Å²) in [5, 5.41) is 6.05. The number of amides is 1. The zero-order valence-electron chi connectivity index (χ0n) is 10.2. The Hall–Kier alpha value is -1.62. The molecule has 1 aliphatic rings. The molecule has 92 valence electrons. The standard InChI is InChI=1S/C12H18N4O/c1-16(2)11-5-6-13-7-10(11)15-12(17)8-14-9-3-4-9/h5-7,9,14H,3-4,8H2,1-2H3,(H,15,17). The van der Waals surface area contributed by atoms with Crippen LogP contribution in [-0.2, 0) is 4.79 Å². The second-order valence-corrected chi connectivity index (χ2v) is 4.49. The Morgan fingerprint density at radius 1 is 1.53 bits per heavy atom. The van der Waals surface area contributed by atoms with Crippen molar-refractivity contribution in [3.8, 4) is 0 Å². The van der Waals surface area contributed by atoms with Gasteiger partial charge >= 0.3 is 0 Å². The molecule has 1 heterocycles. The van der Waals surface area contributed by atoms with Crippen LogP contribution in [0.2, 0.25) is 0 Å². The fourth-order valence-electron chi connectivity index (χ4n) is 1.59. The van der Waals surface area contributed by atoms with Crippen LogP contribution in [0.4, 0.5) is 11.4 Å². The van der Waals surface area contributed by atoms with E-state index in [0.29, 0.717) is 12.6 Å². The Bertz CT molecular complexity index is 401. The summed E-state index contributed by atoms with van der Waals surface area (Å²) in [6.45, 7) is 0.367. The van der Waals surface area contributed by atoms with E-state index in [1.54, 1.807) is 12.4 Å². The molecular formula is C12H18N4O. The second-order valence-electron chi connectivity index (χ2n) is 4.49. The first kappa shape index (κ1) is 11.9. The molecular weight excluding hydrogens is 216 g/mol. The van der Waals surface area contributed by atoms with E-state index in [1.165, 1.54) is 12.8 Å². The topological polar surface area (TPSA) is 57.3 Å². The third kappa shape index (κ3) is 3.42. The molecule has 1 saturated carbocycles. The molecule has 5 heteroatoms. The summed E-state index contributed by atoms with van der Waals surface area (Å²) < 4.78 is 0. The first-order valence-electron chi connectivity index (χ1n) is 5.81. The highest BCUT2D eigenvalue weighted by molar-refractivity contribution is 5.95. The fourth-order valence-corrected chi connectivity index (χ4v) is 1.59. The molecule has 0 aliphatic heterocycles. The molecule has 17 heavy (non-hydrogen) atoms. The lowest BCUT2D eigenvalue weighted by molar-refractivity contribution is -0.115. The summed E-state index contributed by atoms with van der Waals surface area (Å²) in [6.07, 6.45) is 5.75. The Kier molecular flexibility index (Phi) is 3.58. The molecule has 0 spiro atoms. The quantitative estimate of drug-likeness (QED) is 0.792. The molecule has 0 bridgehead atoms. The molecule has 1 amide bonds. The van der Waals surface area contributed by atoms with Crippen molar-refractivity contribution < 1.29 is 4.79 Å². The van der Waals surface area contributed by atoms with Gasteiger partial charge < -0.3 is 15.5 Å². The van der Waals surface area contributed by atoms with Gasteiger partial charge in [-0.05, 0) is 18.9 Å². The van der Waals surface area contributed by atoms with E-state index in [2.05, 4.69) is 15.6 Å². The number of anilines is 2. The monoisotopic (exact) mass is 234 g/mol. The third-order valence-corrected chi connectivity index (χ3v) is 2.68. The number of nitrogens with one attached hydrogen (secondary N) is 2. The van der Waals surface area contributed by atoms with Gasteiger partial charge in [-0.3, -0.25) is 9.78 Å². The van der Waals surface area contributed by atoms with Gasteiger partial charge in [0.25, 0.3) is 0 Å². The Balaban J connectivity index is 1.94. The van der Waals surface area contributed by atoms with Crippen LogP contribution >= 0.6 is 0 Å². The second kappa shape index (κ2) is 5.14. The molecule has 0 aromatic carbocycles. The van der Waals surface area contributed by atoms with Crippen molar-refractivity contribution in [2.75, 3.05) is 30.9 Å². The Morgan fingerprint density at radius 2 is 2.29 bits per heavy atom. The SMILES string of the molecule is CN(C)c1ccncc1NC(=O)CNC1CC1. The molecule has 1 fully saturated rings. The van der Waals surface area contributed by atoms with Gasteiger partial charge in [0.05, 0.1) is 24.1 Å². The molecule has 0 unspecified atom stereocenters. The highest BCUT2D eigenvalue weighted by Gasteiger charge is 2.21. The average molecular weight is 234 g/mol. The molecule has 1 aliphatic carbocycles. The lowest BCUT2D eigenvalue weighted by atomic mass is 10.3. The van der Waals surface area contributed by atoms with E-state index in [1.807, 2.05) is 25.1 Å². The van der Waals surface area contributed by atoms with Gasteiger partial charge in [-0.15, -0.1) is 0 Å². The van der Waals surface area contributed by atoms with E-state index in [0.717, 1.165) is 11.4 Å². The van der Waals surface area contributed by atoms with Crippen LogP contribution in [0.3, 0.4) is 0 Å². The maximum Gasteiger partial charge on any atom is 0.238 e. The molecule has 1 aromatic rings. The van der Waals surface area contributed by atoms with Crippen LogP contribution in [-0.4, -0.2) is 37.6 Å². The number of hydrogen-bond donors (Lipinski definition) is 2. The summed E-state index contributed by atoms with van der Waals surface area (Å²) in [4.78, 5) is 17.7. The lowest BCUT2D eigenvalue weighted by Crippen LogP contribution is -2.30. The predicted octanol–water partition coefficient (Wildman–Crippen LogP) is 0.838. The van der Waals surface area contributed by atoms with E-state index in [-0.39, 0.29) is 5.91 Å². The van der Waals surface area contributed by atoms with E-state index < -0.39 is 0 Å². The zero-order valence-corrected chi connectivity index (χ0v) is 10.2. The van der Waals surface area contributed by atoms with Crippen LogP contribution in [0.25, 0.3) is 0 Å². The van der Waals surface area contributed by atoms with E-state index in [4.69, 9.17) is 0 Å². The van der Waals surface area contributed by atoms with Crippen LogP contribution < -0.4 is 15.5 Å². The minimum Gasteiger partial charge on any atom is -0.376 e. The first-order chi connectivity index (χ1) is 8.16. The van der Waals surface area contributed by atoms with Gasteiger partial charge in [-0.25, -0.2) is 0 Å². The van der Waals surface area contributed by atoms with Gasteiger partial charge in [0.2, 0.25) is 5.91 Å². The van der Waals surface area contributed by atoms with Crippen LogP contribution in [0.1, 0.15) is 12.8 Å². The number of aromatic nitrogens is 1. The molecule has 0 radical (unpaired) electrons. The van der Waals surface area contributed by atoms with Crippen molar-refractivity contribution in [1.29, 1.82) is 0 Å². The number of carbonyl (C=O) groups is 1. The fraction of sp³-hybridized carbons (Fsp3) is 0.500. The summed E-state index contributed by atoms with van der Waals surface area (Å²) in [7, 11) is 3.88. The minimum atomic E-state index is -0.0204. The Labute approximate surface area is 101 Å². The lowest BCUT2D eigenvalue weighted by Gasteiger charge is -2.17. The van der Waals surface area contributed by atoms with E-state index >= 15 is 0 Å². The highest BCUT2D eigenvalue weighted by Crippen LogP contribution is 2.22. The third-order valence-electron chi connectivity index (χ3n) is 2.68. The molecule has 5 nitrogen and oxygen atoms in total. The van der Waals surface area contributed by atoms with Crippen molar-refractivity contribution in [2.45, 2.75) is 18.9 Å². The number of pyridine rings is 1. The normalized spacial score (nSPS) is 14.5. The summed E-state index contributed by atoms with van der Waals surface area (Å²) in [5.41, 5.74) is 1.71. The summed E-state index contributed by atoms with van der Waals surface area (Å²) >= 11 is 0. The van der Waals surface area contributed by atoms with Gasteiger partial charge in [-0.1, -0.05) is 0 Å². The van der Waals surface area contributed by atoms with Crippen molar-refractivity contribution >= 4 is 17.3 Å². The summed E-state index contributed by atoms with van der Waals surface area (Å²) in [6, 6.07) is 2.42. The molecule has 0 saturated heterocycles. The van der Waals surface area contributed by atoms with Crippen molar-refractivity contribution in [1.82, 2.24) is 10.3 Å². The smallest absolute Gasteiger partial charge is 0.238 e. The van der Waals surface area contributed by atoms with Crippen LogP contribution in [0, 0.1) is 0 Å². The maximum atomic E-state index is 11.7. The molecule has 2 N–H and O–H groups in total. The first-order valence-corrected chi connectivity index (χ1v) is 5.81. The highest BCUT2D eigenvalue weighted by atomic mass is 16.1. The van der Waals surface area contributed by atoms with Crippen LogP contribution in [0.5, 0.6) is 0 Å². The van der Waals surface area contributed by atoms with E-state index in [9.17, 15) is 4.79 Å². The number of nitrogens with zero attached hydrogens (tertiary/aromatic N) is 2. The van der Waals surface area contributed by atoms with Crippen molar-refractivity contribution in [3.05, 3.63) is 18.5 Å². The van der Waals surface area contributed by atoms with Crippen LogP contribution in [0.15, 0.2) is 18.5 Å². The molecule has 0 atom stereocenters. The minimum absolute atomic E-state index is 0.0204. The Morgan fingerprint density at radius 3 is 2.94 bits per heavy atom. The predicted molar refractivity (Wildman–Crippen MR) is 68.2 cm³/mol. The number of hydrogen-bond acceptors (Lipinski definition) is 4. The summed E-state index contributed by atoms with van der Waals surface area (Å²) in [5.74, 6) is -0.0204.